The second-order valence-electron chi connectivity index (χ2n) is 3.63. The van der Waals surface area contributed by atoms with E-state index in [4.69, 9.17) is 4.42 Å². The lowest BCUT2D eigenvalue weighted by atomic mass is 10.1. The van der Waals surface area contributed by atoms with Crippen molar-refractivity contribution in [3.05, 3.63) is 61.1 Å². The molecular formula is C14H10N2O. The summed E-state index contributed by atoms with van der Waals surface area (Å²) in [6, 6.07) is 13.6. The van der Waals surface area contributed by atoms with E-state index in [9.17, 15) is 0 Å². The van der Waals surface area contributed by atoms with E-state index in [1.54, 1.807) is 24.7 Å². The molecule has 2 heterocycles. The molecule has 0 atom stereocenters. The van der Waals surface area contributed by atoms with Crippen molar-refractivity contribution >= 4 is 0 Å². The topological polar surface area (TPSA) is 38.9 Å². The monoisotopic (exact) mass is 222 g/mol. The van der Waals surface area contributed by atoms with Gasteiger partial charge in [-0.05, 0) is 24.3 Å². The maximum atomic E-state index is 5.37. The molecule has 0 aliphatic heterocycles. The van der Waals surface area contributed by atoms with Crippen LogP contribution in [-0.4, -0.2) is 9.97 Å². The van der Waals surface area contributed by atoms with Gasteiger partial charge in [-0.1, -0.05) is 18.2 Å². The minimum Gasteiger partial charge on any atom is -0.464 e. The molecule has 0 saturated heterocycles. The van der Waals surface area contributed by atoms with E-state index in [2.05, 4.69) is 9.97 Å². The van der Waals surface area contributed by atoms with E-state index >= 15 is 0 Å². The highest BCUT2D eigenvalue weighted by Gasteiger charge is 2.04. The third kappa shape index (κ3) is 1.95. The number of hydrogen-bond acceptors (Lipinski definition) is 3. The number of hydrogen-bond donors (Lipinski definition) is 0. The second-order valence-corrected chi connectivity index (χ2v) is 3.63. The molecule has 3 nitrogen and oxygen atoms in total. The van der Waals surface area contributed by atoms with Crippen LogP contribution >= 0.6 is 0 Å². The highest BCUT2D eigenvalue weighted by atomic mass is 16.3. The highest BCUT2D eigenvalue weighted by molar-refractivity contribution is 5.66. The van der Waals surface area contributed by atoms with Gasteiger partial charge in [-0.15, -0.1) is 0 Å². The zero-order valence-electron chi connectivity index (χ0n) is 9.08. The van der Waals surface area contributed by atoms with Crippen molar-refractivity contribution in [2.75, 3.05) is 0 Å². The van der Waals surface area contributed by atoms with E-state index in [1.807, 2.05) is 36.4 Å². The summed E-state index contributed by atoms with van der Waals surface area (Å²) in [5.41, 5.74) is 2.01. The molecule has 0 unspecified atom stereocenters. The summed E-state index contributed by atoms with van der Waals surface area (Å²) in [7, 11) is 0. The van der Waals surface area contributed by atoms with Crippen molar-refractivity contribution in [3.63, 3.8) is 0 Å². The summed E-state index contributed by atoms with van der Waals surface area (Å²) >= 11 is 0. The first kappa shape index (κ1) is 9.78. The van der Waals surface area contributed by atoms with Gasteiger partial charge < -0.3 is 4.42 Å². The Kier molecular flexibility index (Phi) is 2.43. The fourth-order valence-electron chi connectivity index (χ4n) is 1.70. The summed E-state index contributed by atoms with van der Waals surface area (Å²) in [6.07, 6.45) is 5.14. The molecule has 0 saturated carbocycles. The molecular weight excluding hydrogens is 212 g/mol. The predicted octanol–water partition coefficient (Wildman–Crippen LogP) is 3.40. The van der Waals surface area contributed by atoms with Crippen LogP contribution in [0.25, 0.3) is 22.7 Å². The largest absolute Gasteiger partial charge is 0.464 e. The Morgan fingerprint density at radius 3 is 2.41 bits per heavy atom. The van der Waals surface area contributed by atoms with Crippen LogP contribution in [0.1, 0.15) is 0 Å². The minimum absolute atomic E-state index is 0.723. The molecule has 3 rings (SSSR count). The fraction of sp³-hybridized carbons (Fsp3) is 0. The number of nitrogens with zero attached hydrogens (tertiary/aromatic N) is 2. The number of rotatable bonds is 2. The molecule has 1 aromatic carbocycles. The Morgan fingerprint density at radius 2 is 1.65 bits per heavy atom. The van der Waals surface area contributed by atoms with Gasteiger partial charge in [-0.2, -0.15) is 0 Å². The van der Waals surface area contributed by atoms with Crippen LogP contribution in [-0.2, 0) is 0 Å². The summed E-state index contributed by atoms with van der Waals surface area (Å²) in [4.78, 5) is 8.46. The van der Waals surface area contributed by atoms with E-state index in [0.29, 0.717) is 0 Å². The van der Waals surface area contributed by atoms with E-state index in [1.165, 1.54) is 0 Å². The van der Waals surface area contributed by atoms with Gasteiger partial charge in [0.25, 0.3) is 0 Å². The van der Waals surface area contributed by atoms with Gasteiger partial charge >= 0.3 is 0 Å². The average molecular weight is 222 g/mol. The second kappa shape index (κ2) is 4.22. The van der Waals surface area contributed by atoms with Crippen LogP contribution in [0.5, 0.6) is 0 Å². The number of aromatic nitrogens is 2. The molecule has 17 heavy (non-hydrogen) atoms. The lowest BCUT2D eigenvalue weighted by Gasteiger charge is -2.01. The Balaban J connectivity index is 2.06. The normalized spacial score (nSPS) is 10.4. The third-order valence-corrected chi connectivity index (χ3v) is 2.49. The lowest BCUT2D eigenvalue weighted by Crippen LogP contribution is -1.86. The van der Waals surface area contributed by atoms with Crippen LogP contribution < -0.4 is 0 Å². The van der Waals surface area contributed by atoms with Gasteiger partial charge in [0.15, 0.2) is 5.82 Å². The van der Waals surface area contributed by atoms with E-state index < -0.39 is 0 Å². The molecule has 3 aromatic rings. The Morgan fingerprint density at radius 1 is 0.824 bits per heavy atom. The average Bonchev–Trinajstić information content (AvgIpc) is 2.94. The summed E-state index contributed by atoms with van der Waals surface area (Å²) in [5, 5.41) is 0. The van der Waals surface area contributed by atoms with Gasteiger partial charge in [0.1, 0.15) is 5.76 Å². The Bertz CT molecular complexity index is 603. The van der Waals surface area contributed by atoms with E-state index in [0.717, 1.165) is 22.7 Å². The molecule has 0 bridgehead atoms. The molecule has 3 heteroatoms. The number of benzene rings is 1. The van der Waals surface area contributed by atoms with Gasteiger partial charge in [0.2, 0.25) is 0 Å². The molecule has 0 spiro atoms. The molecule has 0 aliphatic rings. The van der Waals surface area contributed by atoms with Crippen molar-refractivity contribution in [1.29, 1.82) is 0 Å². The van der Waals surface area contributed by atoms with Crippen molar-refractivity contribution < 1.29 is 4.42 Å². The van der Waals surface area contributed by atoms with Crippen LogP contribution in [0, 0.1) is 0 Å². The predicted molar refractivity (Wildman–Crippen MR) is 65.2 cm³/mol. The third-order valence-electron chi connectivity index (χ3n) is 2.49. The first-order chi connectivity index (χ1) is 8.43. The summed E-state index contributed by atoms with van der Waals surface area (Å²) in [5.74, 6) is 1.57. The quantitative estimate of drug-likeness (QED) is 0.667. The van der Waals surface area contributed by atoms with Crippen LogP contribution in [0.3, 0.4) is 0 Å². The number of furan rings is 1. The molecule has 0 radical (unpaired) electrons. The Labute approximate surface area is 98.8 Å². The SMILES string of the molecule is c1cnc(-c2cccc(-c3ccco3)c2)nc1. The molecule has 2 aromatic heterocycles. The fourth-order valence-corrected chi connectivity index (χ4v) is 1.70. The zero-order chi connectivity index (χ0) is 11.5. The van der Waals surface area contributed by atoms with Gasteiger partial charge in [0.05, 0.1) is 6.26 Å². The van der Waals surface area contributed by atoms with Crippen LogP contribution in [0.2, 0.25) is 0 Å². The van der Waals surface area contributed by atoms with Crippen molar-refractivity contribution in [2.24, 2.45) is 0 Å². The van der Waals surface area contributed by atoms with Crippen molar-refractivity contribution in [3.8, 4) is 22.7 Å². The lowest BCUT2D eigenvalue weighted by molar-refractivity contribution is 0.582. The molecule has 0 aliphatic carbocycles. The molecule has 0 fully saturated rings. The highest BCUT2D eigenvalue weighted by Crippen LogP contribution is 2.24. The van der Waals surface area contributed by atoms with Gasteiger partial charge in [-0.25, -0.2) is 9.97 Å². The maximum Gasteiger partial charge on any atom is 0.159 e. The first-order valence-corrected chi connectivity index (χ1v) is 5.35. The van der Waals surface area contributed by atoms with Crippen LogP contribution in [0.15, 0.2) is 65.5 Å². The van der Waals surface area contributed by atoms with Crippen LogP contribution in [0.4, 0.5) is 0 Å². The minimum atomic E-state index is 0.723. The summed E-state index contributed by atoms with van der Waals surface area (Å²) in [6.45, 7) is 0. The smallest absolute Gasteiger partial charge is 0.159 e. The molecule has 0 amide bonds. The standard InChI is InChI=1S/C14H10N2O/c1-4-11(13-6-2-9-17-13)10-12(5-1)14-15-7-3-8-16-14/h1-10H. The van der Waals surface area contributed by atoms with Crippen molar-refractivity contribution in [1.82, 2.24) is 9.97 Å². The van der Waals surface area contributed by atoms with Crippen molar-refractivity contribution in [2.45, 2.75) is 0 Å². The Hall–Kier alpha value is -2.42. The van der Waals surface area contributed by atoms with Gasteiger partial charge in [-0.3, -0.25) is 0 Å². The van der Waals surface area contributed by atoms with Gasteiger partial charge in [0, 0.05) is 23.5 Å². The summed E-state index contributed by atoms with van der Waals surface area (Å²) < 4.78 is 5.37. The molecule has 82 valence electrons. The van der Waals surface area contributed by atoms with E-state index in [-0.39, 0.29) is 0 Å². The maximum absolute atomic E-state index is 5.37. The molecule has 0 N–H and O–H groups in total. The first-order valence-electron chi connectivity index (χ1n) is 5.35. The zero-order valence-corrected chi connectivity index (χ0v) is 9.08.